The number of hydrogen-bond acceptors (Lipinski definition) is 4. The van der Waals surface area contributed by atoms with Crippen molar-refractivity contribution in [2.75, 3.05) is 0 Å². The maximum Gasteiger partial charge on any atom is 0.137 e. The molecule has 2 aromatic rings. The molecule has 116 valence electrons. The molecule has 4 nitrogen and oxygen atoms in total. The van der Waals surface area contributed by atoms with Crippen LogP contribution < -0.4 is 0 Å². The predicted molar refractivity (Wildman–Crippen MR) is 85.7 cm³/mol. The molecule has 3 rings (SSSR count). The van der Waals surface area contributed by atoms with E-state index in [-0.39, 0.29) is 11.7 Å². The zero-order chi connectivity index (χ0) is 16.1. The van der Waals surface area contributed by atoms with Crippen molar-refractivity contribution in [2.24, 2.45) is 5.92 Å². The minimum Gasteiger partial charge on any atom is -0.389 e. The summed E-state index contributed by atoms with van der Waals surface area (Å²) >= 11 is 3.43. The molecule has 0 bridgehead atoms. The summed E-state index contributed by atoms with van der Waals surface area (Å²) < 4.78 is 6.31. The molecule has 22 heavy (non-hydrogen) atoms. The number of ketones is 1. The smallest absolute Gasteiger partial charge is 0.137 e. The lowest BCUT2D eigenvalue weighted by molar-refractivity contribution is -0.130. The number of aromatic nitrogens is 1. The molecule has 0 aliphatic heterocycles. The van der Waals surface area contributed by atoms with E-state index >= 15 is 0 Å². The van der Waals surface area contributed by atoms with Gasteiger partial charge in [-0.2, -0.15) is 0 Å². The summed E-state index contributed by atoms with van der Waals surface area (Å²) in [5, 5.41) is 14.9. The average molecular weight is 364 g/mol. The van der Waals surface area contributed by atoms with Crippen LogP contribution in [0.15, 0.2) is 33.3 Å². The van der Waals surface area contributed by atoms with E-state index < -0.39 is 11.5 Å². The molecule has 1 aromatic heterocycles. The maximum atomic E-state index is 12.3. The third-order valence-electron chi connectivity index (χ3n) is 4.49. The molecule has 0 saturated heterocycles. The van der Waals surface area contributed by atoms with Crippen LogP contribution in [0.1, 0.15) is 42.3 Å². The molecule has 0 amide bonds. The Morgan fingerprint density at radius 2 is 2.05 bits per heavy atom. The quantitative estimate of drug-likeness (QED) is 0.887. The van der Waals surface area contributed by atoms with E-state index in [0.717, 1.165) is 21.3 Å². The normalized spacial score (nSPS) is 27.5. The van der Waals surface area contributed by atoms with E-state index in [4.69, 9.17) is 4.52 Å². The fourth-order valence-electron chi connectivity index (χ4n) is 3.63. The standard InChI is InChI=1S/C17H18BrNO3/c1-9(20)16-15(11-4-6-12(18)7-5-11)14-10(2)22-19-13(14)8-17(16,3)21/h4-7,15-16,21H,8H2,1-3H3/t15-,16+,17-/m1/s1. The minimum atomic E-state index is -1.14. The fourth-order valence-corrected chi connectivity index (χ4v) is 3.89. The van der Waals surface area contributed by atoms with E-state index in [1.807, 2.05) is 31.2 Å². The molecule has 1 aliphatic carbocycles. The van der Waals surface area contributed by atoms with Gasteiger partial charge in [0.1, 0.15) is 11.5 Å². The monoisotopic (exact) mass is 363 g/mol. The van der Waals surface area contributed by atoms with Gasteiger partial charge >= 0.3 is 0 Å². The minimum absolute atomic E-state index is 0.0239. The van der Waals surface area contributed by atoms with Gasteiger partial charge in [0.2, 0.25) is 0 Å². The SMILES string of the molecule is CC(=O)[C@H]1[C@H](c2ccc(Br)cc2)c2c(noc2C)C[C@@]1(C)O. The van der Waals surface area contributed by atoms with Crippen molar-refractivity contribution < 1.29 is 14.4 Å². The summed E-state index contributed by atoms with van der Waals surface area (Å²) in [5.41, 5.74) is 1.53. The van der Waals surface area contributed by atoms with Crippen molar-refractivity contribution in [3.05, 3.63) is 51.3 Å². The number of carbonyl (C=O) groups excluding carboxylic acids is 1. The van der Waals surface area contributed by atoms with Crippen LogP contribution in [0.5, 0.6) is 0 Å². The zero-order valence-electron chi connectivity index (χ0n) is 12.8. The van der Waals surface area contributed by atoms with Gasteiger partial charge in [0.05, 0.1) is 17.2 Å². The van der Waals surface area contributed by atoms with Crippen LogP contribution in [0.25, 0.3) is 0 Å². The summed E-state index contributed by atoms with van der Waals surface area (Å²) in [6.07, 6.45) is 0.330. The van der Waals surface area contributed by atoms with E-state index in [0.29, 0.717) is 12.2 Å². The number of Topliss-reactive ketones (excluding diaryl/α,β-unsaturated/α-hetero) is 1. The Bertz CT molecular complexity index is 718. The Kier molecular flexibility index (Phi) is 3.73. The number of rotatable bonds is 2. The first kappa shape index (κ1) is 15.4. The maximum absolute atomic E-state index is 12.3. The molecule has 0 spiro atoms. The van der Waals surface area contributed by atoms with Crippen molar-refractivity contribution >= 4 is 21.7 Å². The molecular weight excluding hydrogens is 346 g/mol. The molecule has 0 saturated carbocycles. The molecule has 5 heteroatoms. The van der Waals surface area contributed by atoms with Crippen LogP contribution in [0.4, 0.5) is 0 Å². The van der Waals surface area contributed by atoms with Gasteiger partial charge in [-0.1, -0.05) is 33.2 Å². The first-order valence-corrected chi connectivity index (χ1v) is 8.04. The molecule has 1 aliphatic rings. The lowest BCUT2D eigenvalue weighted by atomic mass is 9.64. The zero-order valence-corrected chi connectivity index (χ0v) is 14.3. The third kappa shape index (κ3) is 2.42. The van der Waals surface area contributed by atoms with Crippen LogP contribution in [-0.2, 0) is 11.2 Å². The predicted octanol–water partition coefficient (Wildman–Crippen LogP) is 3.39. The highest BCUT2D eigenvalue weighted by molar-refractivity contribution is 9.10. The van der Waals surface area contributed by atoms with E-state index in [9.17, 15) is 9.90 Å². The fraction of sp³-hybridized carbons (Fsp3) is 0.412. The van der Waals surface area contributed by atoms with Gasteiger partial charge < -0.3 is 9.63 Å². The van der Waals surface area contributed by atoms with Crippen LogP contribution in [-0.4, -0.2) is 21.6 Å². The second kappa shape index (κ2) is 5.32. The summed E-state index contributed by atoms with van der Waals surface area (Å²) in [5.74, 6) is -0.0660. The number of aryl methyl sites for hydroxylation is 1. The highest BCUT2D eigenvalue weighted by atomic mass is 79.9. The van der Waals surface area contributed by atoms with Crippen LogP contribution in [0, 0.1) is 12.8 Å². The Hall–Kier alpha value is -1.46. The molecule has 0 fully saturated rings. The first-order chi connectivity index (χ1) is 10.3. The van der Waals surface area contributed by atoms with Gasteiger partial charge in [0.25, 0.3) is 0 Å². The first-order valence-electron chi connectivity index (χ1n) is 7.24. The molecule has 0 radical (unpaired) electrons. The van der Waals surface area contributed by atoms with Crippen molar-refractivity contribution in [2.45, 2.75) is 38.7 Å². The summed E-state index contributed by atoms with van der Waals surface area (Å²) in [7, 11) is 0. The second-order valence-corrected chi connectivity index (χ2v) is 7.17. The highest BCUT2D eigenvalue weighted by Gasteiger charge is 2.49. The van der Waals surface area contributed by atoms with Gasteiger partial charge in [-0.15, -0.1) is 0 Å². The summed E-state index contributed by atoms with van der Waals surface area (Å²) in [4.78, 5) is 12.3. The number of fused-ring (bicyclic) bond motifs is 1. The number of halogens is 1. The lowest BCUT2D eigenvalue weighted by Gasteiger charge is -2.40. The molecular formula is C17H18BrNO3. The number of hydrogen-bond donors (Lipinski definition) is 1. The molecule has 3 atom stereocenters. The number of benzene rings is 1. The average Bonchev–Trinajstić information content (AvgIpc) is 2.77. The Morgan fingerprint density at radius 3 is 2.64 bits per heavy atom. The lowest BCUT2D eigenvalue weighted by Crippen LogP contribution is -2.48. The van der Waals surface area contributed by atoms with E-state index in [1.54, 1.807) is 13.8 Å². The van der Waals surface area contributed by atoms with Crippen LogP contribution >= 0.6 is 15.9 Å². The van der Waals surface area contributed by atoms with E-state index in [1.165, 1.54) is 0 Å². The van der Waals surface area contributed by atoms with Crippen molar-refractivity contribution in [3.63, 3.8) is 0 Å². The van der Waals surface area contributed by atoms with Gasteiger partial charge in [-0.25, -0.2) is 0 Å². The molecule has 0 unspecified atom stereocenters. The molecule has 1 N–H and O–H groups in total. The third-order valence-corrected chi connectivity index (χ3v) is 5.02. The van der Waals surface area contributed by atoms with Gasteiger partial charge in [-0.05, 0) is 38.5 Å². The second-order valence-electron chi connectivity index (χ2n) is 6.25. The number of nitrogens with zero attached hydrogens (tertiary/aromatic N) is 1. The highest BCUT2D eigenvalue weighted by Crippen LogP contribution is 2.47. The number of carbonyl (C=O) groups is 1. The van der Waals surface area contributed by atoms with Gasteiger partial charge in [0, 0.05) is 22.4 Å². The molecule has 1 heterocycles. The summed E-state index contributed by atoms with van der Waals surface area (Å²) in [6.45, 7) is 5.10. The van der Waals surface area contributed by atoms with Crippen LogP contribution in [0.2, 0.25) is 0 Å². The van der Waals surface area contributed by atoms with Crippen LogP contribution in [0.3, 0.4) is 0 Å². The van der Waals surface area contributed by atoms with Gasteiger partial charge in [0.15, 0.2) is 0 Å². The Balaban J connectivity index is 2.23. The Morgan fingerprint density at radius 1 is 1.41 bits per heavy atom. The molecule has 1 aromatic carbocycles. The van der Waals surface area contributed by atoms with Crippen molar-refractivity contribution in [1.29, 1.82) is 0 Å². The van der Waals surface area contributed by atoms with Gasteiger partial charge in [-0.3, -0.25) is 4.79 Å². The van der Waals surface area contributed by atoms with E-state index in [2.05, 4.69) is 21.1 Å². The van der Waals surface area contributed by atoms with Crippen molar-refractivity contribution in [1.82, 2.24) is 5.16 Å². The number of aliphatic hydroxyl groups is 1. The topological polar surface area (TPSA) is 63.3 Å². The largest absolute Gasteiger partial charge is 0.389 e. The van der Waals surface area contributed by atoms with Crippen molar-refractivity contribution in [3.8, 4) is 0 Å². The Labute approximate surface area is 137 Å². The summed E-state index contributed by atoms with van der Waals surface area (Å²) in [6, 6.07) is 7.83.